The Morgan fingerprint density at radius 2 is 2.11 bits per heavy atom. The van der Waals surface area contributed by atoms with Crippen LogP contribution >= 0.6 is 0 Å². The molecule has 0 saturated heterocycles. The van der Waals surface area contributed by atoms with Crippen molar-refractivity contribution in [2.24, 2.45) is 5.73 Å². The van der Waals surface area contributed by atoms with Crippen LogP contribution in [0.2, 0.25) is 0 Å². The summed E-state index contributed by atoms with van der Waals surface area (Å²) in [6.45, 7) is 0. The molecule has 100 valence electrons. The van der Waals surface area contributed by atoms with Crippen molar-refractivity contribution in [3.8, 4) is 5.95 Å². The summed E-state index contributed by atoms with van der Waals surface area (Å²) in [6, 6.07) is 1.50. The number of carbonyl (C=O) groups excluding carboxylic acids is 1. The van der Waals surface area contributed by atoms with E-state index in [1.807, 2.05) is 14.1 Å². The molecule has 9 nitrogen and oxygen atoms in total. The van der Waals surface area contributed by atoms with E-state index in [0.717, 1.165) is 0 Å². The Kier molecular flexibility index (Phi) is 3.27. The minimum absolute atomic E-state index is 0.151. The van der Waals surface area contributed by atoms with E-state index in [0.29, 0.717) is 17.8 Å². The van der Waals surface area contributed by atoms with Crippen molar-refractivity contribution < 1.29 is 4.79 Å². The minimum atomic E-state index is -0.602. The Bertz CT molecular complexity index is 605. The van der Waals surface area contributed by atoms with Crippen LogP contribution in [0.1, 0.15) is 10.5 Å². The first-order chi connectivity index (χ1) is 9.01. The van der Waals surface area contributed by atoms with Crippen molar-refractivity contribution in [1.29, 1.82) is 0 Å². The Hall–Kier alpha value is -2.71. The molecule has 0 saturated carbocycles. The summed E-state index contributed by atoms with van der Waals surface area (Å²) in [5, 5.41) is 6.84. The van der Waals surface area contributed by atoms with E-state index in [-0.39, 0.29) is 5.69 Å². The molecule has 0 spiro atoms. The van der Waals surface area contributed by atoms with Gasteiger partial charge in [0.25, 0.3) is 11.9 Å². The molecule has 1 amide bonds. The zero-order valence-corrected chi connectivity index (χ0v) is 10.8. The van der Waals surface area contributed by atoms with Crippen molar-refractivity contribution >= 4 is 17.8 Å². The topological polar surface area (TPSA) is 115 Å². The number of hydrogen-bond donors (Lipinski definition) is 2. The van der Waals surface area contributed by atoms with Gasteiger partial charge in [-0.3, -0.25) is 4.79 Å². The van der Waals surface area contributed by atoms with Crippen molar-refractivity contribution in [3.05, 3.63) is 18.0 Å². The Balaban J connectivity index is 2.47. The van der Waals surface area contributed by atoms with E-state index in [1.54, 1.807) is 18.1 Å². The molecule has 0 aliphatic heterocycles. The predicted octanol–water partition coefficient (Wildman–Crippen LogP) is -0.736. The molecule has 2 heterocycles. The third-order valence-corrected chi connectivity index (χ3v) is 2.28. The van der Waals surface area contributed by atoms with Crippen molar-refractivity contribution in [3.63, 3.8) is 0 Å². The first kappa shape index (κ1) is 12.7. The van der Waals surface area contributed by atoms with Crippen LogP contribution in [-0.2, 0) is 0 Å². The number of aromatic nitrogens is 5. The van der Waals surface area contributed by atoms with Gasteiger partial charge >= 0.3 is 0 Å². The monoisotopic (exact) mass is 262 g/mol. The maximum absolute atomic E-state index is 11.0. The number of hydrogen-bond acceptors (Lipinski definition) is 7. The fourth-order valence-corrected chi connectivity index (χ4v) is 1.33. The van der Waals surface area contributed by atoms with E-state index in [4.69, 9.17) is 5.73 Å². The summed E-state index contributed by atoms with van der Waals surface area (Å²) in [5.74, 6) is 0.584. The van der Waals surface area contributed by atoms with E-state index < -0.39 is 5.91 Å². The van der Waals surface area contributed by atoms with Crippen LogP contribution in [0, 0.1) is 0 Å². The van der Waals surface area contributed by atoms with Gasteiger partial charge in [-0.15, -0.1) is 0 Å². The summed E-state index contributed by atoms with van der Waals surface area (Å²) in [7, 11) is 5.34. The number of primary amides is 1. The average molecular weight is 262 g/mol. The van der Waals surface area contributed by atoms with Crippen LogP contribution in [0.15, 0.2) is 12.3 Å². The standard InChI is InChI=1S/C10H14N8O/c1-12-8-13-9(17(2)3)15-10(14-8)18-5-4-6(16-18)7(11)19/h4-5H,1-3H3,(H2,11,19)(H,12,13,14,15). The first-order valence-corrected chi connectivity index (χ1v) is 5.48. The molecule has 19 heavy (non-hydrogen) atoms. The van der Waals surface area contributed by atoms with Crippen molar-refractivity contribution in [1.82, 2.24) is 24.7 Å². The second-order valence-corrected chi connectivity index (χ2v) is 3.91. The molecular weight excluding hydrogens is 248 g/mol. The number of rotatable bonds is 4. The predicted molar refractivity (Wildman–Crippen MR) is 69.3 cm³/mol. The maximum Gasteiger partial charge on any atom is 0.269 e. The highest BCUT2D eigenvalue weighted by Gasteiger charge is 2.11. The Morgan fingerprint density at radius 1 is 1.37 bits per heavy atom. The Morgan fingerprint density at radius 3 is 2.63 bits per heavy atom. The second kappa shape index (κ2) is 4.88. The highest BCUT2D eigenvalue weighted by atomic mass is 16.1. The molecule has 0 radical (unpaired) electrons. The molecule has 0 aliphatic carbocycles. The van der Waals surface area contributed by atoms with Gasteiger partial charge in [-0.1, -0.05) is 0 Å². The SMILES string of the molecule is CNc1nc(N(C)C)nc(-n2ccc(C(N)=O)n2)n1. The molecule has 0 unspecified atom stereocenters. The smallest absolute Gasteiger partial charge is 0.269 e. The van der Waals surface area contributed by atoms with Crippen LogP contribution in [0.3, 0.4) is 0 Å². The van der Waals surface area contributed by atoms with Gasteiger partial charge in [0.1, 0.15) is 5.69 Å². The summed E-state index contributed by atoms with van der Waals surface area (Å²) < 4.78 is 1.37. The fourth-order valence-electron chi connectivity index (χ4n) is 1.33. The van der Waals surface area contributed by atoms with Gasteiger partial charge in [0.2, 0.25) is 11.9 Å². The van der Waals surface area contributed by atoms with E-state index >= 15 is 0 Å². The molecule has 2 rings (SSSR count). The highest BCUT2D eigenvalue weighted by molar-refractivity contribution is 5.90. The molecular formula is C10H14N8O. The fraction of sp³-hybridized carbons (Fsp3) is 0.300. The van der Waals surface area contributed by atoms with Crippen LogP contribution < -0.4 is 16.0 Å². The van der Waals surface area contributed by atoms with E-state index in [9.17, 15) is 4.79 Å². The van der Waals surface area contributed by atoms with Gasteiger partial charge < -0.3 is 16.0 Å². The van der Waals surface area contributed by atoms with Gasteiger partial charge in [-0.2, -0.15) is 20.1 Å². The molecule has 0 aliphatic rings. The normalized spacial score (nSPS) is 10.3. The van der Waals surface area contributed by atoms with Crippen molar-refractivity contribution in [2.75, 3.05) is 31.4 Å². The molecule has 2 aromatic rings. The molecule has 9 heteroatoms. The number of nitrogens with two attached hydrogens (primary N) is 1. The largest absolute Gasteiger partial charge is 0.364 e. The maximum atomic E-state index is 11.0. The van der Waals surface area contributed by atoms with Crippen molar-refractivity contribution in [2.45, 2.75) is 0 Å². The minimum Gasteiger partial charge on any atom is -0.364 e. The number of anilines is 2. The number of amides is 1. The quantitative estimate of drug-likeness (QED) is 0.745. The van der Waals surface area contributed by atoms with Gasteiger partial charge in [-0.25, -0.2) is 4.68 Å². The van der Waals surface area contributed by atoms with E-state index in [2.05, 4.69) is 25.4 Å². The average Bonchev–Trinajstić information content (AvgIpc) is 2.87. The molecule has 0 fully saturated rings. The molecule has 0 atom stereocenters. The van der Waals surface area contributed by atoms with Crippen LogP contribution in [-0.4, -0.2) is 51.8 Å². The third kappa shape index (κ3) is 2.59. The molecule has 0 aromatic carbocycles. The molecule has 2 aromatic heterocycles. The van der Waals surface area contributed by atoms with Crippen LogP contribution in [0.25, 0.3) is 5.95 Å². The Labute approximate surface area is 109 Å². The number of nitrogens with zero attached hydrogens (tertiary/aromatic N) is 6. The lowest BCUT2D eigenvalue weighted by molar-refractivity contribution is 0.0995. The van der Waals surface area contributed by atoms with Crippen LogP contribution in [0.5, 0.6) is 0 Å². The molecule has 3 N–H and O–H groups in total. The van der Waals surface area contributed by atoms with Crippen LogP contribution in [0.4, 0.5) is 11.9 Å². The highest BCUT2D eigenvalue weighted by Crippen LogP contribution is 2.10. The summed E-state index contributed by atoms with van der Waals surface area (Å²) >= 11 is 0. The summed E-state index contributed by atoms with van der Waals surface area (Å²) in [5.41, 5.74) is 5.30. The third-order valence-electron chi connectivity index (χ3n) is 2.28. The zero-order chi connectivity index (χ0) is 14.0. The van der Waals surface area contributed by atoms with E-state index in [1.165, 1.54) is 10.7 Å². The summed E-state index contributed by atoms with van der Waals surface area (Å²) in [6.07, 6.45) is 1.56. The molecule has 0 bridgehead atoms. The second-order valence-electron chi connectivity index (χ2n) is 3.91. The zero-order valence-electron chi connectivity index (χ0n) is 10.8. The lowest BCUT2D eigenvalue weighted by atomic mass is 10.4. The van der Waals surface area contributed by atoms with Gasteiger partial charge in [0, 0.05) is 27.3 Å². The van der Waals surface area contributed by atoms with Gasteiger partial charge in [0.05, 0.1) is 0 Å². The van der Waals surface area contributed by atoms with Gasteiger partial charge in [-0.05, 0) is 6.07 Å². The lowest BCUT2D eigenvalue weighted by Crippen LogP contribution is -2.17. The number of carbonyl (C=O) groups is 1. The van der Waals surface area contributed by atoms with Gasteiger partial charge in [0.15, 0.2) is 0 Å². The first-order valence-electron chi connectivity index (χ1n) is 5.48. The lowest BCUT2D eigenvalue weighted by Gasteiger charge is -2.12. The summed E-state index contributed by atoms with van der Waals surface area (Å²) in [4.78, 5) is 25.3. The number of nitrogens with one attached hydrogen (secondary N) is 1.